The number of amides is 3. The van der Waals surface area contributed by atoms with Gasteiger partial charge in [0.2, 0.25) is 0 Å². The molecule has 7 heteroatoms. The average Bonchev–Trinajstić information content (AvgIpc) is 2.80. The highest BCUT2D eigenvalue weighted by atomic mass is 16.3. The van der Waals surface area contributed by atoms with E-state index < -0.39 is 0 Å². The van der Waals surface area contributed by atoms with Crippen molar-refractivity contribution < 1.29 is 14.7 Å². The summed E-state index contributed by atoms with van der Waals surface area (Å²) >= 11 is 0. The van der Waals surface area contributed by atoms with Crippen LogP contribution in [0.15, 0.2) is 79.1 Å². The van der Waals surface area contributed by atoms with Gasteiger partial charge >= 0.3 is 6.03 Å². The molecule has 1 fully saturated rings. The first-order chi connectivity index (χ1) is 15.2. The summed E-state index contributed by atoms with van der Waals surface area (Å²) in [7, 11) is 0. The van der Waals surface area contributed by atoms with Crippen LogP contribution in [-0.2, 0) is 0 Å². The number of carbonyl (C=O) groups excluding carboxylic acids is 2. The molecule has 2 aliphatic rings. The number of nitrogens with zero attached hydrogens (tertiary/aromatic N) is 3. The van der Waals surface area contributed by atoms with Gasteiger partial charge in [0.1, 0.15) is 0 Å². The van der Waals surface area contributed by atoms with Crippen molar-refractivity contribution in [3.8, 4) is 0 Å². The van der Waals surface area contributed by atoms with Crippen LogP contribution in [0.4, 0.5) is 16.2 Å². The van der Waals surface area contributed by atoms with Gasteiger partial charge in [-0.1, -0.05) is 36.4 Å². The molecule has 1 aromatic heterocycles. The van der Waals surface area contributed by atoms with Crippen LogP contribution < -0.4 is 10.2 Å². The van der Waals surface area contributed by atoms with Gasteiger partial charge in [-0.2, -0.15) is 0 Å². The number of fused-ring (bicyclic) bond motifs is 3. The lowest BCUT2D eigenvalue weighted by atomic mass is 9.71. The smallest absolute Gasteiger partial charge is 0.326 e. The molecule has 1 saturated heterocycles. The molecule has 2 N–H and O–H groups in total. The maximum absolute atomic E-state index is 13.2. The molecule has 3 heterocycles. The molecule has 5 rings (SSSR count). The number of urea groups is 1. The molecule has 0 radical (unpaired) electrons. The molecule has 0 saturated carbocycles. The lowest BCUT2D eigenvalue weighted by molar-refractivity contribution is -0.0241. The molecule has 3 atom stereocenters. The zero-order valence-electron chi connectivity index (χ0n) is 16.8. The lowest BCUT2D eigenvalue weighted by Crippen LogP contribution is -2.71. The Balaban J connectivity index is 1.48. The minimum absolute atomic E-state index is 0.0206. The van der Waals surface area contributed by atoms with Crippen molar-refractivity contribution in [2.45, 2.75) is 18.0 Å². The number of hydrogen-bond donors (Lipinski definition) is 2. The van der Waals surface area contributed by atoms with E-state index in [9.17, 15) is 14.7 Å². The van der Waals surface area contributed by atoms with Gasteiger partial charge in [0, 0.05) is 41.8 Å². The van der Waals surface area contributed by atoms with Crippen LogP contribution in [0.25, 0.3) is 0 Å². The monoisotopic (exact) mass is 414 g/mol. The molecule has 31 heavy (non-hydrogen) atoms. The van der Waals surface area contributed by atoms with Crippen molar-refractivity contribution in [2.24, 2.45) is 0 Å². The Kier molecular flexibility index (Phi) is 4.88. The second-order valence-corrected chi connectivity index (χ2v) is 7.76. The lowest BCUT2D eigenvalue weighted by Gasteiger charge is -2.58. The maximum Gasteiger partial charge on any atom is 0.326 e. The first-order valence-corrected chi connectivity index (χ1v) is 10.2. The van der Waals surface area contributed by atoms with Gasteiger partial charge in [0.15, 0.2) is 0 Å². The summed E-state index contributed by atoms with van der Waals surface area (Å²) in [5.74, 6) is -0.182. The van der Waals surface area contributed by atoms with E-state index in [4.69, 9.17) is 0 Å². The van der Waals surface area contributed by atoms with Crippen molar-refractivity contribution in [1.82, 2.24) is 9.88 Å². The summed E-state index contributed by atoms with van der Waals surface area (Å²) in [6, 6.07) is 19.5. The van der Waals surface area contributed by atoms with E-state index in [1.807, 2.05) is 54.6 Å². The van der Waals surface area contributed by atoms with Crippen LogP contribution in [0.2, 0.25) is 0 Å². The predicted molar refractivity (Wildman–Crippen MR) is 117 cm³/mol. The maximum atomic E-state index is 13.2. The summed E-state index contributed by atoms with van der Waals surface area (Å²) in [6.45, 7) is 0.218. The third kappa shape index (κ3) is 3.23. The highest BCUT2D eigenvalue weighted by Gasteiger charge is 2.55. The summed E-state index contributed by atoms with van der Waals surface area (Å²) in [5.41, 5.74) is 3.01. The molecule has 0 unspecified atom stereocenters. The van der Waals surface area contributed by atoms with Gasteiger partial charge in [0.05, 0.1) is 18.7 Å². The zero-order valence-corrected chi connectivity index (χ0v) is 16.8. The van der Waals surface area contributed by atoms with E-state index in [-0.39, 0.29) is 36.5 Å². The quantitative estimate of drug-likeness (QED) is 0.690. The van der Waals surface area contributed by atoms with Gasteiger partial charge in [-0.25, -0.2) is 4.79 Å². The summed E-state index contributed by atoms with van der Waals surface area (Å²) in [6.07, 6.45) is 3.16. The number of rotatable bonds is 3. The third-order valence-electron chi connectivity index (χ3n) is 6.12. The minimum atomic E-state index is -0.328. The average molecular weight is 414 g/mol. The minimum Gasteiger partial charge on any atom is -0.394 e. The van der Waals surface area contributed by atoms with Crippen molar-refractivity contribution in [3.05, 3.63) is 90.3 Å². The van der Waals surface area contributed by atoms with Crippen LogP contribution in [-0.4, -0.2) is 52.2 Å². The number of aliphatic hydroxyl groups is 1. The molecular formula is C24H22N4O3. The van der Waals surface area contributed by atoms with Gasteiger partial charge < -0.3 is 15.3 Å². The number of hydrogen-bond acceptors (Lipinski definition) is 4. The molecule has 0 bridgehead atoms. The van der Waals surface area contributed by atoms with E-state index in [0.717, 1.165) is 11.3 Å². The van der Waals surface area contributed by atoms with Crippen LogP contribution in [0.3, 0.4) is 0 Å². The van der Waals surface area contributed by atoms with Crippen molar-refractivity contribution in [3.63, 3.8) is 0 Å². The first-order valence-electron chi connectivity index (χ1n) is 10.2. The summed E-state index contributed by atoms with van der Waals surface area (Å²) < 4.78 is 0. The molecular weight excluding hydrogens is 392 g/mol. The van der Waals surface area contributed by atoms with Crippen molar-refractivity contribution in [1.29, 1.82) is 0 Å². The molecule has 3 aromatic rings. The van der Waals surface area contributed by atoms with Crippen molar-refractivity contribution in [2.75, 3.05) is 23.4 Å². The Hall–Kier alpha value is -3.71. The number of aliphatic hydroxyl groups excluding tert-OH is 1. The summed E-state index contributed by atoms with van der Waals surface area (Å²) in [4.78, 5) is 33.7. The number of carbonyl (C=O) groups is 2. The molecule has 0 aliphatic carbocycles. The van der Waals surface area contributed by atoms with E-state index in [2.05, 4.69) is 10.3 Å². The number of para-hydroxylation sites is 2. The number of benzene rings is 2. The zero-order chi connectivity index (χ0) is 21.4. The Morgan fingerprint density at radius 1 is 1.00 bits per heavy atom. The number of aromatic nitrogens is 1. The second-order valence-electron chi connectivity index (χ2n) is 7.76. The van der Waals surface area contributed by atoms with Gasteiger partial charge in [-0.15, -0.1) is 0 Å². The Labute approximate surface area is 179 Å². The van der Waals surface area contributed by atoms with E-state index >= 15 is 0 Å². The SMILES string of the molecule is O=C(Nc1ccccc1)N1C[C@H]2[C@@H](c3ccccc31)[C@H](CO)N2C(=O)c1ccncc1. The Bertz CT molecular complexity index is 1110. The number of anilines is 2. The second kappa shape index (κ2) is 7.85. The van der Waals surface area contributed by atoms with E-state index in [1.165, 1.54) is 0 Å². The van der Waals surface area contributed by atoms with Crippen molar-refractivity contribution >= 4 is 23.3 Å². The van der Waals surface area contributed by atoms with E-state index in [0.29, 0.717) is 17.8 Å². The number of nitrogens with one attached hydrogen (secondary N) is 1. The fourth-order valence-electron chi connectivity index (χ4n) is 4.71. The fourth-order valence-corrected chi connectivity index (χ4v) is 4.71. The predicted octanol–water partition coefficient (Wildman–Crippen LogP) is 3.10. The third-order valence-corrected chi connectivity index (χ3v) is 6.12. The molecule has 7 nitrogen and oxygen atoms in total. The molecule has 156 valence electrons. The van der Waals surface area contributed by atoms with Crippen LogP contribution in [0.5, 0.6) is 0 Å². The van der Waals surface area contributed by atoms with Crippen LogP contribution >= 0.6 is 0 Å². The molecule has 0 spiro atoms. The molecule has 3 amide bonds. The first kappa shape index (κ1) is 19.3. The van der Waals surface area contributed by atoms with Gasteiger partial charge in [-0.05, 0) is 35.9 Å². The largest absolute Gasteiger partial charge is 0.394 e. The van der Waals surface area contributed by atoms with Gasteiger partial charge in [-0.3, -0.25) is 14.7 Å². The fraction of sp³-hybridized carbons (Fsp3) is 0.208. The summed E-state index contributed by atoms with van der Waals surface area (Å²) in [5, 5.41) is 13.0. The number of likely N-dealkylation sites (tertiary alicyclic amines) is 1. The highest BCUT2D eigenvalue weighted by Crippen LogP contribution is 2.48. The Morgan fingerprint density at radius 2 is 1.71 bits per heavy atom. The Morgan fingerprint density at radius 3 is 2.45 bits per heavy atom. The standard InChI is InChI=1S/C24H22N4O3/c29-15-21-22-18-8-4-5-9-19(18)27(24(31)26-17-6-2-1-3-7-17)14-20(22)28(21)23(30)16-10-12-25-13-11-16/h1-13,20-22,29H,14-15H2,(H,26,31)/t20-,21-,22+/m0/s1. The molecule has 2 aromatic carbocycles. The number of pyridine rings is 1. The highest BCUT2D eigenvalue weighted by molar-refractivity contribution is 6.03. The van der Waals surface area contributed by atoms with E-state index in [1.54, 1.807) is 34.3 Å². The molecule has 2 aliphatic heterocycles. The topological polar surface area (TPSA) is 85.8 Å². The van der Waals surface area contributed by atoms with Gasteiger partial charge in [0.25, 0.3) is 5.91 Å². The normalized spacial score (nSPS) is 21.5. The van der Waals surface area contributed by atoms with Crippen LogP contribution in [0.1, 0.15) is 21.8 Å². The van der Waals surface area contributed by atoms with Crippen LogP contribution in [0, 0.1) is 0 Å².